The summed E-state index contributed by atoms with van der Waals surface area (Å²) >= 11 is 0. The molecule has 1 amide bonds. The number of aromatic amines is 1. The molecule has 5 heteroatoms. The summed E-state index contributed by atoms with van der Waals surface area (Å²) in [6.45, 7) is 2.84. The number of benzene rings is 1. The van der Waals surface area contributed by atoms with Crippen LogP contribution < -0.4 is 10.6 Å². The molecule has 0 radical (unpaired) electrons. The number of aromatic nitrogens is 1. The number of halogens is 1. The van der Waals surface area contributed by atoms with E-state index in [1.807, 2.05) is 42.5 Å². The van der Waals surface area contributed by atoms with E-state index in [2.05, 4.69) is 15.6 Å². The number of rotatable bonds is 4. The summed E-state index contributed by atoms with van der Waals surface area (Å²) in [5.41, 5.74) is 2.69. The molecule has 2 aromatic rings. The van der Waals surface area contributed by atoms with Crippen LogP contribution in [0.25, 0.3) is 11.3 Å². The second-order valence-electron chi connectivity index (χ2n) is 5.57. The first kappa shape index (κ1) is 16.6. The maximum absolute atomic E-state index is 12.2. The van der Waals surface area contributed by atoms with Crippen LogP contribution in [0.4, 0.5) is 0 Å². The maximum Gasteiger partial charge on any atom is 0.267 e. The van der Waals surface area contributed by atoms with Gasteiger partial charge >= 0.3 is 0 Å². The number of H-pyrrole nitrogens is 1. The van der Waals surface area contributed by atoms with E-state index in [1.54, 1.807) is 0 Å². The molecule has 3 N–H and O–H groups in total. The van der Waals surface area contributed by atoms with Gasteiger partial charge in [-0.3, -0.25) is 4.79 Å². The number of carbonyl (C=O) groups excluding carboxylic acids is 1. The van der Waals surface area contributed by atoms with Crippen LogP contribution >= 0.6 is 12.4 Å². The van der Waals surface area contributed by atoms with Crippen LogP contribution in [0.1, 0.15) is 23.3 Å². The molecule has 1 atom stereocenters. The van der Waals surface area contributed by atoms with Gasteiger partial charge in [-0.05, 0) is 49.5 Å². The Morgan fingerprint density at radius 1 is 1.18 bits per heavy atom. The molecule has 1 aromatic heterocycles. The zero-order chi connectivity index (χ0) is 14.5. The van der Waals surface area contributed by atoms with Gasteiger partial charge in [0, 0.05) is 12.2 Å². The molecule has 4 nitrogen and oxygen atoms in total. The lowest BCUT2D eigenvalue weighted by molar-refractivity contribution is 0.0940. The van der Waals surface area contributed by atoms with Crippen molar-refractivity contribution in [2.75, 3.05) is 19.6 Å². The van der Waals surface area contributed by atoms with Crippen LogP contribution in [0.5, 0.6) is 0 Å². The largest absolute Gasteiger partial charge is 0.351 e. The molecular formula is C17H22ClN3O. The summed E-state index contributed by atoms with van der Waals surface area (Å²) in [7, 11) is 0. The smallest absolute Gasteiger partial charge is 0.267 e. The number of hydrogen-bond acceptors (Lipinski definition) is 2. The minimum Gasteiger partial charge on any atom is -0.351 e. The van der Waals surface area contributed by atoms with Crippen LogP contribution in [0.3, 0.4) is 0 Å². The molecule has 1 fully saturated rings. The van der Waals surface area contributed by atoms with Crippen molar-refractivity contribution in [1.29, 1.82) is 0 Å². The molecule has 1 aromatic carbocycles. The Bertz CT molecular complexity index is 591. The van der Waals surface area contributed by atoms with Crippen molar-refractivity contribution in [3.8, 4) is 11.3 Å². The first-order valence-electron chi connectivity index (χ1n) is 7.56. The molecule has 1 aliphatic heterocycles. The van der Waals surface area contributed by atoms with Crippen LogP contribution in [0.2, 0.25) is 0 Å². The highest BCUT2D eigenvalue weighted by atomic mass is 35.5. The van der Waals surface area contributed by atoms with E-state index in [0.717, 1.165) is 30.9 Å². The number of amides is 1. The van der Waals surface area contributed by atoms with Gasteiger partial charge in [0.2, 0.25) is 0 Å². The third kappa shape index (κ3) is 4.12. The molecular weight excluding hydrogens is 298 g/mol. The molecule has 0 saturated carbocycles. The number of hydrogen-bond donors (Lipinski definition) is 3. The molecule has 0 spiro atoms. The summed E-state index contributed by atoms with van der Waals surface area (Å²) in [5, 5.41) is 6.39. The number of piperidine rings is 1. The van der Waals surface area contributed by atoms with Crippen LogP contribution in [0, 0.1) is 5.92 Å². The summed E-state index contributed by atoms with van der Waals surface area (Å²) in [4.78, 5) is 15.4. The SMILES string of the molecule is Cl.O=C(NCC1CCCNC1)c1ccc(-c2ccccc2)[nH]1. The van der Waals surface area contributed by atoms with Gasteiger partial charge in [0.15, 0.2) is 0 Å². The predicted octanol–water partition coefficient (Wildman–Crippen LogP) is 2.83. The van der Waals surface area contributed by atoms with Crippen LogP contribution in [0.15, 0.2) is 42.5 Å². The highest BCUT2D eigenvalue weighted by Crippen LogP contribution is 2.18. The van der Waals surface area contributed by atoms with Crippen molar-refractivity contribution in [3.05, 3.63) is 48.2 Å². The maximum atomic E-state index is 12.2. The molecule has 1 unspecified atom stereocenters. The van der Waals surface area contributed by atoms with Gasteiger partial charge in [-0.1, -0.05) is 30.3 Å². The van der Waals surface area contributed by atoms with Gasteiger partial charge in [-0.2, -0.15) is 0 Å². The van der Waals surface area contributed by atoms with E-state index in [0.29, 0.717) is 11.6 Å². The Hall–Kier alpha value is -1.78. The Morgan fingerprint density at radius 3 is 2.73 bits per heavy atom. The number of carbonyl (C=O) groups is 1. The summed E-state index contributed by atoms with van der Waals surface area (Å²) < 4.78 is 0. The average Bonchev–Trinajstić information content (AvgIpc) is 3.04. The predicted molar refractivity (Wildman–Crippen MR) is 91.4 cm³/mol. The van der Waals surface area contributed by atoms with Gasteiger partial charge in [0.05, 0.1) is 0 Å². The average molecular weight is 320 g/mol. The highest BCUT2D eigenvalue weighted by Gasteiger charge is 2.15. The fourth-order valence-corrected chi connectivity index (χ4v) is 2.74. The molecule has 0 aliphatic carbocycles. The van der Waals surface area contributed by atoms with Gasteiger partial charge in [-0.25, -0.2) is 0 Å². The zero-order valence-electron chi connectivity index (χ0n) is 12.5. The number of nitrogens with one attached hydrogen (secondary N) is 3. The van der Waals surface area contributed by atoms with E-state index in [9.17, 15) is 4.79 Å². The Kier molecular flexibility index (Phi) is 6.04. The van der Waals surface area contributed by atoms with Crippen molar-refractivity contribution < 1.29 is 4.79 Å². The van der Waals surface area contributed by atoms with E-state index >= 15 is 0 Å². The monoisotopic (exact) mass is 319 g/mol. The minimum absolute atomic E-state index is 0. The molecule has 2 heterocycles. The lowest BCUT2D eigenvalue weighted by atomic mass is 10.00. The topological polar surface area (TPSA) is 56.9 Å². The fraction of sp³-hybridized carbons (Fsp3) is 0.353. The van der Waals surface area contributed by atoms with E-state index in [4.69, 9.17) is 0 Å². The van der Waals surface area contributed by atoms with Crippen LogP contribution in [-0.4, -0.2) is 30.5 Å². The summed E-state index contributed by atoms with van der Waals surface area (Å²) in [6, 6.07) is 13.8. The Labute approximate surface area is 137 Å². The fourth-order valence-electron chi connectivity index (χ4n) is 2.74. The second-order valence-corrected chi connectivity index (χ2v) is 5.57. The lowest BCUT2D eigenvalue weighted by Gasteiger charge is -2.22. The third-order valence-electron chi connectivity index (χ3n) is 3.97. The quantitative estimate of drug-likeness (QED) is 0.811. The molecule has 22 heavy (non-hydrogen) atoms. The van der Waals surface area contributed by atoms with Gasteiger partial charge in [0.1, 0.15) is 5.69 Å². The molecule has 118 valence electrons. The normalized spacial score (nSPS) is 17.5. The summed E-state index contributed by atoms with van der Waals surface area (Å²) in [6.07, 6.45) is 2.38. The first-order chi connectivity index (χ1) is 10.3. The highest BCUT2D eigenvalue weighted by molar-refractivity contribution is 5.93. The Balaban J connectivity index is 0.00000176. The van der Waals surface area contributed by atoms with Crippen molar-refractivity contribution in [3.63, 3.8) is 0 Å². The van der Waals surface area contributed by atoms with Crippen molar-refractivity contribution in [1.82, 2.24) is 15.6 Å². The van der Waals surface area contributed by atoms with E-state index in [1.165, 1.54) is 12.8 Å². The van der Waals surface area contributed by atoms with Gasteiger partial charge in [-0.15, -0.1) is 12.4 Å². The minimum atomic E-state index is -0.0252. The van der Waals surface area contributed by atoms with Gasteiger partial charge in [0.25, 0.3) is 5.91 Å². The lowest BCUT2D eigenvalue weighted by Crippen LogP contribution is -2.38. The first-order valence-corrected chi connectivity index (χ1v) is 7.56. The van der Waals surface area contributed by atoms with Crippen molar-refractivity contribution in [2.45, 2.75) is 12.8 Å². The van der Waals surface area contributed by atoms with E-state index < -0.39 is 0 Å². The van der Waals surface area contributed by atoms with Crippen molar-refractivity contribution >= 4 is 18.3 Å². The summed E-state index contributed by atoms with van der Waals surface area (Å²) in [5.74, 6) is 0.522. The molecule has 3 rings (SSSR count). The molecule has 0 bridgehead atoms. The van der Waals surface area contributed by atoms with Crippen molar-refractivity contribution in [2.24, 2.45) is 5.92 Å². The molecule has 1 saturated heterocycles. The Morgan fingerprint density at radius 2 is 2.00 bits per heavy atom. The third-order valence-corrected chi connectivity index (χ3v) is 3.97. The van der Waals surface area contributed by atoms with Gasteiger partial charge < -0.3 is 15.6 Å². The van der Waals surface area contributed by atoms with Crippen LogP contribution in [-0.2, 0) is 0 Å². The second kappa shape index (κ2) is 8.01. The standard InChI is InChI=1S/C17H21N3O.ClH/c21-17(19-12-13-5-4-10-18-11-13)16-9-8-15(20-16)14-6-2-1-3-7-14;/h1-3,6-9,13,18,20H,4-5,10-12H2,(H,19,21);1H. The van der Waals surface area contributed by atoms with E-state index in [-0.39, 0.29) is 18.3 Å². The molecule has 1 aliphatic rings. The zero-order valence-corrected chi connectivity index (χ0v) is 13.3.